The third-order valence-electron chi connectivity index (χ3n) is 8.99. The van der Waals surface area contributed by atoms with Crippen molar-refractivity contribution in [3.05, 3.63) is 24.3 Å². The molecule has 0 aliphatic heterocycles. The third kappa shape index (κ3) is 41.3. The summed E-state index contributed by atoms with van der Waals surface area (Å²) in [4.78, 5) is 4.90. The number of rotatable bonds is 36. The van der Waals surface area contributed by atoms with Gasteiger partial charge >= 0.3 is 0 Å². The third-order valence-corrected chi connectivity index (χ3v) is 8.99. The molecule has 0 aliphatic rings. The van der Waals surface area contributed by atoms with Gasteiger partial charge in [0.15, 0.2) is 0 Å². The maximum absolute atomic E-state index is 9.22. The minimum Gasteiger partial charge on any atom is -0.395 e. The summed E-state index contributed by atoms with van der Waals surface area (Å²) in [7, 11) is 0. The average molecular weight is 651 g/mol. The fraction of sp³-hybridized carbons (Fsp3) is 0.905. The van der Waals surface area contributed by atoms with E-state index in [0.29, 0.717) is 13.2 Å². The van der Waals surface area contributed by atoms with Gasteiger partial charge in [-0.2, -0.15) is 0 Å². The number of hydrogen-bond donors (Lipinski definition) is 2. The molecule has 4 nitrogen and oxygen atoms in total. The largest absolute Gasteiger partial charge is 0.395 e. The Morgan fingerprint density at radius 2 is 0.609 bits per heavy atom. The van der Waals surface area contributed by atoms with E-state index in [1.54, 1.807) is 0 Å². The van der Waals surface area contributed by atoms with Crippen LogP contribution in [0.25, 0.3) is 0 Å². The Bertz CT molecular complexity index is 566. The fourth-order valence-electron chi connectivity index (χ4n) is 5.92. The molecule has 0 unspecified atom stereocenters. The number of hydrogen-bond acceptors (Lipinski definition) is 4. The molecule has 0 atom stereocenters. The van der Waals surface area contributed by atoms with Gasteiger partial charge in [0.1, 0.15) is 0 Å². The van der Waals surface area contributed by atoms with E-state index in [9.17, 15) is 5.11 Å². The highest BCUT2D eigenvalue weighted by Crippen LogP contribution is 2.10. The topological polar surface area (TPSA) is 46.9 Å². The molecule has 0 heterocycles. The Balaban J connectivity index is 0. The van der Waals surface area contributed by atoms with Crippen LogP contribution in [0.4, 0.5) is 0 Å². The molecule has 0 aromatic rings. The summed E-state index contributed by atoms with van der Waals surface area (Å²) < 4.78 is 0. The highest BCUT2D eigenvalue weighted by molar-refractivity contribution is 4.92. The van der Waals surface area contributed by atoms with Gasteiger partial charge in [0.2, 0.25) is 0 Å². The molecule has 46 heavy (non-hydrogen) atoms. The summed E-state index contributed by atoms with van der Waals surface area (Å²) in [6.45, 7) is 16.1. The molecule has 0 aliphatic carbocycles. The standard InChI is InChI=1S/C26H51NO.C16H35NO/c1-3-5-7-9-10-11-12-13-14-15-16-17-18-19-20-22-24-27(25-26-28)23-21-8-6-4-2;1-3-5-7-9-11-13-17(15-16-18)14-12-10-8-6-4-2/h10-11,13-14,28H,3-9,12,15-26H2,1-2H3;18H,3-16H2,1-2H3/b11-10-,14-13-;. The summed E-state index contributed by atoms with van der Waals surface area (Å²) in [5.41, 5.74) is 0. The lowest BCUT2D eigenvalue weighted by Crippen LogP contribution is -2.29. The average Bonchev–Trinajstić information content (AvgIpc) is 3.06. The second-order valence-corrected chi connectivity index (χ2v) is 13.6. The minimum absolute atomic E-state index is 0.302. The van der Waals surface area contributed by atoms with Crippen LogP contribution >= 0.6 is 0 Å². The van der Waals surface area contributed by atoms with E-state index in [2.05, 4.69) is 61.8 Å². The van der Waals surface area contributed by atoms with E-state index in [1.165, 1.54) is 187 Å². The first-order chi connectivity index (χ1) is 22.7. The van der Waals surface area contributed by atoms with Gasteiger partial charge in [0, 0.05) is 13.1 Å². The zero-order valence-electron chi connectivity index (χ0n) is 32.1. The number of unbranched alkanes of at least 4 members (excludes halogenated alkanes) is 20. The maximum Gasteiger partial charge on any atom is 0.0558 e. The van der Waals surface area contributed by atoms with Crippen molar-refractivity contribution in [2.24, 2.45) is 0 Å². The van der Waals surface area contributed by atoms with Crippen LogP contribution in [-0.2, 0) is 0 Å². The number of aliphatic hydroxyl groups excluding tert-OH is 2. The molecule has 4 heteroatoms. The lowest BCUT2D eigenvalue weighted by Gasteiger charge is -2.21. The van der Waals surface area contributed by atoms with E-state index in [1.807, 2.05) is 0 Å². The molecular weight excluding hydrogens is 564 g/mol. The molecule has 0 aromatic carbocycles. The van der Waals surface area contributed by atoms with Crippen molar-refractivity contribution in [3.8, 4) is 0 Å². The molecule has 0 radical (unpaired) electrons. The van der Waals surface area contributed by atoms with Gasteiger partial charge in [-0.05, 0) is 84.0 Å². The predicted molar refractivity (Wildman–Crippen MR) is 208 cm³/mol. The Morgan fingerprint density at radius 1 is 0.326 bits per heavy atom. The zero-order valence-corrected chi connectivity index (χ0v) is 32.1. The first-order valence-electron chi connectivity index (χ1n) is 20.7. The highest BCUT2D eigenvalue weighted by Gasteiger charge is 2.04. The van der Waals surface area contributed by atoms with Crippen LogP contribution in [0.15, 0.2) is 24.3 Å². The molecule has 0 saturated heterocycles. The van der Waals surface area contributed by atoms with Crippen molar-refractivity contribution in [2.45, 2.75) is 195 Å². The number of aliphatic hydroxyl groups is 2. The van der Waals surface area contributed by atoms with E-state index in [-0.39, 0.29) is 0 Å². The molecule has 276 valence electrons. The van der Waals surface area contributed by atoms with Crippen LogP contribution < -0.4 is 0 Å². The Morgan fingerprint density at radius 3 is 0.978 bits per heavy atom. The lowest BCUT2D eigenvalue weighted by atomic mass is 10.1. The highest BCUT2D eigenvalue weighted by atomic mass is 16.3. The van der Waals surface area contributed by atoms with Crippen molar-refractivity contribution in [3.63, 3.8) is 0 Å². The monoisotopic (exact) mass is 651 g/mol. The van der Waals surface area contributed by atoms with Crippen LogP contribution in [0.3, 0.4) is 0 Å². The second kappa shape index (κ2) is 44.3. The van der Waals surface area contributed by atoms with Crippen LogP contribution in [0, 0.1) is 0 Å². The summed E-state index contributed by atoms with van der Waals surface area (Å²) in [5, 5.41) is 18.3. The van der Waals surface area contributed by atoms with Crippen LogP contribution in [0.5, 0.6) is 0 Å². The molecule has 0 spiro atoms. The summed E-state index contributed by atoms with van der Waals surface area (Å²) >= 11 is 0. The molecule has 0 amide bonds. The van der Waals surface area contributed by atoms with E-state index < -0.39 is 0 Å². The SMILES string of the molecule is CCCCC/C=C\C/C=C\CCCCCCCCN(CCO)CCCCCC.CCCCCCCN(CCO)CCCCCCC. The van der Waals surface area contributed by atoms with E-state index in [0.717, 1.165) is 19.5 Å². The second-order valence-electron chi connectivity index (χ2n) is 13.6. The number of allylic oxidation sites excluding steroid dienone is 4. The Labute approximate surface area is 290 Å². The normalized spacial score (nSPS) is 11.8. The molecular formula is C42H86N2O2. The first-order valence-corrected chi connectivity index (χ1v) is 20.7. The van der Waals surface area contributed by atoms with Crippen molar-refractivity contribution in [1.82, 2.24) is 9.80 Å². The Kier molecular flexibility index (Phi) is 45.7. The van der Waals surface area contributed by atoms with E-state index >= 15 is 0 Å². The molecule has 0 aromatic heterocycles. The first kappa shape index (κ1) is 47.4. The molecule has 0 bridgehead atoms. The van der Waals surface area contributed by atoms with Gasteiger partial charge in [-0.25, -0.2) is 0 Å². The lowest BCUT2D eigenvalue weighted by molar-refractivity contribution is 0.190. The van der Waals surface area contributed by atoms with Crippen molar-refractivity contribution in [1.29, 1.82) is 0 Å². The molecule has 2 N–H and O–H groups in total. The van der Waals surface area contributed by atoms with Crippen molar-refractivity contribution in [2.75, 3.05) is 52.5 Å². The van der Waals surface area contributed by atoms with Crippen molar-refractivity contribution >= 4 is 0 Å². The van der Waals surface area contributed by atoms with Gasteiger partial charge in [-0.15, -0.1) is 0 Å². The molecule has 0 rings (SSSR count). The van der Waals surface area contributed by atoms with E-state index in [4.69, 9.17) is 5.11 Å². The van der Waals surface area contributed by atoms with Gasteiger partial charge in [-0.1, -0.05) is 161 Å². The molecule has 0 saturated carbocycles. The van der Waals surface area contributed by atoms with Gasteiger partial charge < -0.3 is 20.0 Å². The van der Waals surface area contributed by atoms with Gasteiger partial charge in [0.25, 0.3) is 0 Å². The van der Waals surface area contributed by atoms with Gasteiger partial charge in [0.05, 0.1) is 13.2 Å². The van der Waals surface area contributed by atoms with Crippen LogP contribution in [-0.4, -0.2) is 72.5 Å². The fourth-order valence-corrected chi connectivity index (χ4v) is 5.92. The predicted octanol–water partition coefficient (Wildman–Crippen LogP) is 11.9. The van der Waals surface area contributed by atoms with Crippen molar-refractivity contribution < 1.29 is 10.2 Å². The number of nitrogens with zero attached hydrogens (tertiary/aromatic N) is 2. The minimum atomic E-state index is 0.302. The maximum atomic E-state index is 9.22. The van der Waals surface area contributed by atoms with Gasteiger partial charge in [-0.3, -0.25) is 0 Å². The van der Waals surface area contributed by atoms with Crippen LogP contribution in [0.1, 0.15) is 195 Å². The van der Waals surface area contributed by atoms with Crippen LogP contribution in [0.2, 0.25) is 0 Å². The summed E-state index contributed by atoms with van der Waals surface area (Å²) in [5.74, 6) is 0. The quantitative estimate of drug-likeness (QED) is 0.0523. The summed E-state index contributed by atoms with van der Waals surface area (Å²) in [6.07, 6.45) is 43.7. The molecule has 0 fully saturated rings. The smallest absolute Gasteiger partial charge is 0.0558 e. The summed E-state index contributed by atoms with van der Waals surface area (Å²) in [6, 6.07) is 0. The zero-order chi connectivity index (χ0) is 34.0. The Hall–Kier alpha value is -0.680.